The lowest BCUT2D eigenvalue weighted by molar-refractivity contribution is -0.198. The Hall–Kier alpha value is -2.70. The van der Waals surface area contributed by atoms with Crippen LogP contribution < -0.4 is 10.8 Å². The van der Waals surface area contributed by atoms with Gasteiger partial charge in [0.15, 0.2) is 6.29 Å². The van der Waals surface area contributed by atoms with Crippen molar-refractivity contribution in [2.75, 3.05) is 11.9 Å². The van der Waals surface area contributed by atoms with E-state index in [1.165, 1.54) is 6.08 Å². The van der Waals surface area contributed by atoms with Crippen molar-refractivity contribution in [3.63, 3.8) is 0 Å². The summed E-state index contributed by atoms with van der Waals surface area (Å²) < 4.78 is 5.39. The molecule has 1 unspecified atom stereocenters. The second kappa shape index (κ2) is 9.12. The number of aromatic nitrogens is 1. The van der Waals surface area contributed by atoms with Crippen molar-refractivity contribution >= 4 is 23.5 Å². The van der Waals surface area contributed by atoms with Crippen molar-refractivity contribution in [2.45, 2.75) is 32.5 Å². The maximum atomic E-state index is 11.8. The molecule has 1 atom stereocenters. The van der Waals surface area contributed by atoms with Crippen LogP contribution in [0.1, 0.15) is 30.5 Å². The van der Waals surface area contributed by atoms with Crippen molar-refractivity contribution in [1.29, 1.82) is 0 Å². The summed E-state index contributed by atoms with van der Waals surface area (Å²) in [6.45, 7) is 2.63. The standard InChI is InChI=1S/C20H23N3O3/c1-15-5-4-6-18(21-15)22-17-11-8-16(9-12-17)10-13-19(24)23-26-20-7-2-3-14-25-20/h4-6,8-13,20H,2-3,7,14H2,1H3,(H,21,22)(H,23,24)/b13-10+. The van der Waals surface area contributed by atoms with Gasteiger partial charge in [-0.1, -0.05) is 18.2 Å². The Kier molecular flexibility index (Phi) is 6.35. The van der Waals surface area contributed by atoms with Crippen LogP contribution in [0, 0.1) is 6.92 Å². The van der Waals surface area contributed by atoms with E-state index in [4.69, 9.17) is 9.57 Å². The van der Waals surface area contributed by atoms with Gasteiger partial charge in [-0.15, -0.1) is 0 Å². The quantitative estimate of drug-likeness (QED) is 0.612. The van der Waals surface area contributed by atoms with Crippen molar-refractivity contribution in [3.05, 3.63) is 59.8 Å². The second-order valence-corrected chi connectivity index (χ2v) is 6.12. The average Bonchev–Trinajstić information content (AvgIpc) is 2.67. The number of pyridine rings is 1. The lowest BCUT2D eigenvalue weighted by atomic mass is 10.2. The van der Waals surface area contributed by atoms with Gasteiger partial charge >= 0.3 is 0 Å². The SMILES string of the molecule is Cc1cccc(Nc2ccc(/C=C/C(=O)NOC3CCCCO3)cc2)n1. The van der Waals surface area contributed by atoms with E-state index in [-0.39, 0.29) is 12.2 Å². The molecule has 6 heteroatoms. The smallest absolute Gasteiger partial charge is 0.267 e. The molecule has 1 aromatic carbocycles. The van der Waals surface area contributed by atoms with Gasteiger partial charge in [0.1, 0.15) is 5.82 Å². The second-order valence-electron chi connectivity index (χ2n) is 6.12. The normalized spacial score (nSPS) is 17.2. The summed E-state index contributed by atoms with van der Waals surface area (Å²) in [5, 5.41) is 3.25. The first-order valence-electron chi connectivity index (χ1n) is 8.75. The number of nitrogens with zero attached hydrogens (tertiary/aromatic N) is 1. The van der Waals surface area contributed by atoms with Gasteiger partial charge in [-0.3, -0.25) is 4.79 Å². The number of amides is 1. The third-order valence-electron chi connectivity index (χ3n) is 3.93. The minimum Gasteiger partial charge on any atom is -0.350 e. The van der Waals surface area contributed by atoms with Crippen molar-refractivity contribution in [1.82, 2.24) is 10.5 Å². The highest BCUT2D eigenvalue weighted by molar-refractivity contribution is 5.91. The van der Waals surface area contributed by atoms with Gasteiger partial charge in [0, 0.05) is 30.5 Å². The molecule has 1 fully saturated rings. The molecule has 0 bridgehead atoms. The topological polar surface area (TPSA) is 72.5 Å². The summed E-state index contributed by atoms with van der Waals surface area (Å²) in [4.78, 5) is 21.4. The first-order chi connectivity index (χ1) is 12.7. The summed E-state index contributed by atoms with van der Waals surface area (Å²) in [6.07, 6.45) is 5.71. The number of hydrogen-bond donors (Lipinski definition) is 2. The molecule has 2 aromatic rings. The van der Waals surface area contributed by atoms with Gasteiger partial charge in [-0.25, -0.2) is 15.3 Å². The lowest BCUT2D eigenvalue weighted by Crippen LogP contribution is -2.32. The van der Waals surface area contributed by atoms with Gasteiger partial charge in [0.2, 0.25) is 0 Å². The zero-order chi connectivity index (χ0) is 18.2. The van der Waals surface area contributed by atoms with Gasteiger partial charge in [0.05, 0.1) is 0 Å². The number of ether oxygens (including phenoxy) is 1. The van der Waals surface area contributed by atoms with Gasteiger partial charge in [-0.2, -0.15) is 0 Å². The minimum atomic E-state index is -0.346. The average molecular weight is 353 g/mol. The summed E-state index contributed by atoms with van der Waals surface area (Å²) in [7, 11) is 0. The molecule has 0 aliphatic carbocycles. The molecule has 2 N–H and O–H groups in total. The summed E-state index contributed by atoms with van der Waals surface area (Å²) in [6, 6.07) is 13.6. The minimum absolute atomic E-state index is 0.315. The molecule has 3 rings (SSSR count). The number of anilines is 2. The zero-order valence-corrected chi connectivity index (χ0v) is 14.8. The molecule has 1 aliphatic heterocycles. The molecule has 1 saturated heterocycles. The molecule has 6 nitrogen and oxygen atoms in total. The van der Waals surface area contributed by atoms with Crippen LogP contribution in [0.5, 0.6) is 0 Å². The van der Waals surface area contributed by atoms with Crippen LogP contribution in [-0.4, -0.2) is 23.8 Å². The highest BCUT2D eigenvalue weighted by Gasteiger charge is 2.14. The fourth-order valence-electron chi connectivity index (χ4n) is 2.57. The highest BCUT2D eigenvalue weighted by atomic mass is 16.8. The predicted octanol–water partition coefficient (Wildman–Crippen LogP) is 3.72. The molecule has 0 radical (unpaired) electrons. The molecule has 0 spiro atoms. The first kappa shape index (κ1) is 18.1. The molecule has 136 valence electrons. The molecule has 1 amide bonds. The Balaban J connectivity index is 1.48. The Labute approximate surface area is 153 Å². The van der Waals surface area contributed by atoms with Crippen molar-refractivity contribution < 1.29 is 14.4 Å². The van der Waals surface area contributed by atoms with E-state index in [0.717, 1.165) is 42.0 Å². The Bertz CT molecular complexity index is 753. The highest BCUT2D eigenvalue weighted by Crippen LogP contribution is 2.16. The van der Waals surface area contributed by atoms with E-state index in [1.54, 1.807) is 6.08 Å². The third-order valence-corrected chi connectivity index (χ3v) is 3.93. The summed E-state index contributed by atoms with van der Waals surface area (Å²) >= 11 is 0. The van der Waals surface area contributed by atoms with E-state index < -0.39 is 0 Å². The Morgan fingerprint density at radius 2 is 2.08 bits per heavy atom. The van der Waals surface area contributed by atoms with Gasteiger partial charge < -0.3 is 10.1 Å². The van der Waals surface area contributed by atoms with E-state index in [9.17, 15) is 4.79 Å². The number of carbonyl (C=O) groups is 1. The predicted molar refractivity (Wildman–Crippen MR) is 101 cm³/mol. The van der Waals surface area contributed by atoms with Crippen LogP contribution in [0.25, 0.3) is 6.08 Å². The molecular weight excluding hydrogens is 330 g/mol. The number of hydroxylamine groups is 1. The summed E-state index contributed by atoms with van der Waals surface area (Å²) in [5.74, 6) is 0.486. The van der Waals surface area contributed by atoms with Crippen molar-refractivity contribution in [2.24, 2.45) is 0 Å². The maximum absolute atomic E-state index is 11.8. The van der Waals surface area contributed by atoms with Gasteiger partial charge in [-0.05, 0) is 55.7 Å². The number of benzene rings is 1. The number of carbonyl (C=O) groups excluding carboxylic acids is 1. The van der Waals surface area contributed by atoms with Gasteiger partial charge in [0.25, 0.3) is 5.91 Å². The fraction of sp³-hybridized carbons (Fsp3) is 0.300. The zero-order valence-electron chi connectivity index (χ0n) is 14.8. The molecule has 26 heavy (non-hydrogen) atoms. The maximum Gasteiger partial charge on any atom is 0.267 e. The number of rotatable bonds is 6. The van der Waals surface area contributed by atoms with Crippen LogP contribution in [-0.2, 0) is 14.4 Å². The van der Waals surface area contributed by atoms with E-state index in [1.807, 2.05) is 49.4 Å². The Morgan fingerprint density at radius 3 is 2.81 bits per heavy atom. The number of nitrogens with one attached hydrogen (secondary N) is 2. The molecule has 2 heterocycles. The molecular formula is C20H23N3O3. The third kappa shape index (κ3) is 5.68. The van der Waals surface area contributed by atoms with E-state index >= 15 is 0 Å². The Morgan fingerprint density at radius 1 is 1.23 bits per heavy atom. The van der Waals surface area contributed by atoms with E-state index in [2.05, 4.69) is 15.8 Å². The summed E-state index contributed by atoms with van der Waals surface area (Å²) in [5.41, 5.74) is 5.21. The van der Waals surface area contributed by atoms with Crippen LogP contribution in [0.4, 0.5) is 11.5 Å². The largest absolute Gasteiger partial charge is 0.350 e. The number of hydrogen-bond acceptors (Lipinski definition) is 5. The number of aryl methyl sites for hydroxylation is 1. The van der Waals surface area contributed by atoms with Crippen LogP contribution >= 0.6 is 0 Å². The van der Waals surface area contributed by atoms with E-state index in [0.29, 0.717) is 6.61 Å². The van der Waals surface area contributed by atoms with Crippen LogP contribution in [0.2, 0.25) is 0 Å². The molecule has 1 aliphatic rings. The first-order valence-corrected chi connectivity index (χ1v) is 8.75. The fourth-order valence-corrected chi connectivity index (χ4v) is 2.57. The molecule has 1 aromatic heterocycles. The van der Waals surface area contributed by atoms with Crippen LogP contribution in [0.15, 0.2) is 48.5 Å². The monoisotopic (exact) mass is 353 g/mol. The van der Waals surface area contributed by atoms with Crippen molar-refractivity contribution in [3.8, 4) is 0 Å². The lowest BCUT2D eigenvalue weighted by Gasteiger charge is -2.21. The van der Waals surface area contributed by atoms with Crippen LogP contribution in [0.3, 0.4) is 0 Å². The molecule has 0 saturated carbocycles.